The summed E-state index contributed by atoms with van der Waals surface area (Å²) in [4.78, 5) is 15.6. The third-order valence-corrected chi connectivity index (χ3v) is 4.01. The Morgan fingerprint density at radius 2 is 2.10 bits per heavy atom. The van der Waals surface area contributed by atoms with Gasteiger partial charge in [-0.1, -0.05) is 0 Å². The molecule has 5 nitrogen and oxygen atoms in total. The summed E-state index contributed by atoms with van der Waals surface area (Å²) in [6.45, 7) is 3.69. The van der Waals surface area contributed by atoms with Crippen molar-refractivity contribution in [3.63, 3.8) is 0 Å². The molecule has 2 rings (SSSR count). The Morgan fingerprint density at radius 1 is 1.40 bits per heavy atom. The van der Waals surface area contributed by atoms with Crippen molar-refractivity contribution in [3.05, 3.63) is 28.2 Å². The molecule has 0 spiro atoms. The SMILES string of the molecule is COC(=O)CN1CCN(c2ccc(C#N)cc2Br)CC1. The Labute approximate surface area is 126 Å². The van der Waals surface area contributed by atoms with Crippen molar-refractivity contribution in [2.24, 2.45) is 0 Å². The van der Waals surface area contributed by atoms with Crippen LogP contribution in [0.1, 0.15) is 5.56 Å². The number of hydrogen-bond acceptors (Lipinski definition) is 5. The number of anilines is 1. The van der Waals surface area contributed by atoms with Gasteiger partial charge in [-0.05, 0) is 34.1 Å². The van der Waals surface area contributed by atoms with Gasteiger partial charge < -0.3 is 9.64 Å². The zero-order chi connectivity index (χ0) is 14.5. The number of halogens is 1. The van der Waals surface area contributed by atoms with Crippen LogP contribution in [0.15, 0.2) is 22.7 Å². The highest BCUT2D eigenvalue weighted by atomic mass is 79.9. The third-order valence-electron chi connectivity index (χ3n) is 3.37. The molecule has 1 aliphatic rings. The predicted octanol–water partition coefficient (Wildman–Crippen LogP) is 1.62. The highest BCUT2D eigenvalue weighted by Gasteiger charge is 2.20. The van der Waals surface area contributed by atoms with E-state index in [1.807, 2.05) is 18.2 Å². The summed E-state index contributed by atoms with van der Waals surface area (Å²) in [5, 5.41) is 8.87. The number of nitriles is 1. The van der Waals surface area contributed by atoms with Crippen molar-refractivity contribution in [2.45, 2.75) is 0 Å². The molecule has 0 aliphatic carbocycles. The van der Waals surface area contributed by atoms with Crippen LogP contribution in [0, 0.1) is 11.3 Å². The van der Waals surface area contributed by atoms with E-state index in [9.17, 15) is 4.79 Å². The minimum atomic E-state index is -0.196. The highest BCUT2D eigenvalue weighted by molar-refractivity contribution is 9.10. The monoisotopic (exact) mass is 337 g/mol. The van der Waals surface area contributed by atoms with E-state index in [-0.39, 0.29) is 5.97 Å². The maximum Gasteiger partial charge on any atom is 0.319 e. The van der Waals surface area contributed by atoms with Gasteiger partial charge in [-0.2, -0.15) is 5.26 Å². The van der Waals surface area contributed by atoms with E-state index >= 15 is 0 Å². The van der Waals surface area contributed by atoms with E-state index in [1.54, 1.807) is 0 Å². The van der Waals surface area contributed by atoms with Crippen molar-refractivity contribution in [1.82, 2.24) is 4.90 Å². The van der Waals surface area contributed by atoms with Gasteiger partial charge in [0, 0.05) is 30.7 Å². The Bertz CT molecular complexity index is 534. The first-order valence-electron chi connectivity index (χ1n) is 6.38. The molecule has 1 fully saturated rings. The zero-order valence-corrected chi connectivity index (χ0v) is 12.9. The second kappa shape index (κ2) is 6.73. The minimum absolute atomic E-state index is 0.196. The zero-order valence-electron chi connectivity index (χ0n) is 11.3. The van der Waals surface area contributed by atoms with Crippen molar-refractivity contribution in [3.8, 4) is 6.07 Å². The first kappa shape index (κ1) is 14.8. The number of esters is 1. The molecule has 0 saturated carbocycles. The van der Waals surface area contributed by atoms with E-state index in [1.165, 1.54) is 7.11 Å². The van der Waals surface area contributed by atoms with Crippen LogP contribution in [0.3, 0.4) is 0 Å². The Morgan fingerprint density at radius 3 is 2.65 bits per heavy atom. The lowest BCUT2D eigenvalue weighted by molar-refractivity contribution is -0.142. The summed E-state index contributed by atoms with van der Waals surface area (Å²) in [6.07, 6.45) is 0. The fourth-order valence-electron chi connectivity index (χ4n) is 2.23. The average molecular weight is 338 g/mol. The van der Waals surface area contributed by atoms with Gasteiger partial charge in [-0.3, -0.25) is 9.69 Å². The molecule has 106 valence electrons. The molecular weight excluding hydrogens is 322 g/mol. The summed E-state index contributed by atoms with van der Waals surface area (Å²) in [6, 6.07) is 7.73. The number of carbonyl (C=O) groups excluding carboxylic acids is 1. The second-order valence-corrected chi connectivity index (χ2v) is 5.47. The maximum absolute atomic E-state index is 11.2. The number of hydrogen-bond donors (Lipinski definition) is 0. The fraction of sp³-hybridized carbons (Fsp3) is 0.429. The van der Waals surface area contributed by atoms with Gasteiger partial charge in [0.15, 0.2) is 0 Å². The summed E-state index contributed by atoms with van der Waals surface area (Å²) in [5.41, 5.74) is 1.73. The van der Waals surface area contributed by atoms with Crippen molar-refractivity contribution in [1.29, 1.82) is 5.26 Å². The number of piperazine rings is 1. The van der Waals surface area contributed by atoms with Crippen LogP contribution in [0.2, 0.25) is 0 Å². The van der Waals surface area contributed by atoms with Gasteiger partial charge in [0.05, 0.1) is 31.0 Å². The first-order chi connectivity index (χ1) is 9.63. The van der Waals surface area contributed by atoms with E-state index in [2.05, 4.69) is 36.5 Å². The van der Waals surface area contributed by atoms with Crippen LogP contribution in [-0.4, -0.2) is 50.7 Å². The van der Waals surface area contributed by atoms with Gasteiger partial charge in [-0.15, -0.1) is 0 Å². The number of carbonyl (C=O) groups is 1. The predicted molar refractivity (Wildman–Crippen MR) is 79.5 cm³/mol. The molecule has 0 N–H and O–H groups in total. The maximum atomic E-state index is 11.2. The smallest absolute Gasteiger partial charge is 0.319 e. The van der Waals surface area contributed by atoms with Crippen molar-refractivity contribution >= 4 is 27.6 Å². The fourth-order valence-corrected chi connectivity index (χ4v) is 2.86. The minimum Gasteiger partial charge on any atom is -0.468 e. The molecule has 0 amide bonds. The van der Waals surface area contributed by atoms with Crippen LogP contribution < -0.4 is 4.90 Å². The first-order valence-corrected chi connectivity index (χ1v) is 7.17. The van der Waals surface area contributed by atoms with E-state index < -0.39 is 0 Å². The largest absolute Gasteiger partial charge is 0.468 e. The van der Waals surface area contributed by atoms with Crippen LogP contribution in [0.5, 0.6) is 0 Å². The highest BCUT2D eigenvalue weighted by Crippen LogP contribution is 2.28. The topological polar surface area (TPSA) is 56.6 Å². The lowest BCUT2D eigenvalue weighted by atomic mass is 10.2. The molecule has 0 atom stereocenters. The molecule has 0 unspecified atom stereocenters. The molecule has 1 aliphatic heterocycles. The van der Waals surface area contributed by atoms with Crippen LogP contribution in [0.25, 0.3) is 0 Å². The van der Waals surface area contributed by atoms with Gasteiger partial charge in [0.2, 0.25) is 0 Å². The molecule has 0 radical (unpaired) electrons. The van der Waals surface area contributed by atoms with Crippen LogP contribution in [0.4, 0.5) is 5.69 Å². The molecule has 20 heavy (non-hydrogen) atoms. The second-order valence-electron chi connectivity index (χ2n) is 4.62. The summed E-state index contributed by atoms with van der Waals surface area (Å²) < 4.78 is 5.61. The number of benzene rings is 1. The molecule has 0 bridgehead atoms. The Kier molecular flexibility index (Phi) is 4.99. The number of ether oxygens (including phenoxy) is 1. The number of nitrogens with zero attached hydrogens (tertiary/aromatic N) is 3. The van der Waals surface area contributed by atoms with Gasteiger partial charge in [-0.25, -0.2) is 0 Å². The van der Waals surface area contributed by atoms with Crippen LogP contribution >= 0.6 is 15.9 Å². The Balaban J connectivity index is 1.97. The molecule has 1 heterocycles. The number of rotatable bonds is 3. The van der Waals surface area contributed by atoms with E-state index in [0.717, 1.165) is 36.3 Å². The van der Waals surface area contributed by atoms with E-state index in [0.29, 0.717) is 12.1 Å². The van der Waals surface area contributed by atoms with Gasteiger partial charge in [0.25, 0.3) is 0 Å². The third kappa shape index (κ3) is 3.50. The molecular formula is C14H16BrN3O2. The van der Waals surface area contributed by atoms with Crippen molar-refractivity contribution in [2.75, 3.05) is 44.7 Å². The number of methoxy groups -OCH3 is 1. The summed E-state index contributed by atoms with van der Waals surface area (Å²) in [5.74, 6) is -0.196. The molecule has 1 aromatic carbocycles. The standard InChI is InChI=1S/C14H16BrN3O2/c1-20-14(19)10-17-4-6-18(7-5-17)13-3-2-11(9-16)8-12(13)15/h2-3,8H,4-7,10H2,1H3. The molecule has 6 heteroatoms. The van der Waals surface area contributed by atoms with E-state index in [4.69, 9.17) is 5.26 Å². The average Bonchev–Trinajstić information content (AvgIpc) is 2.48. The normalized spacial score (nSPS) is 15.8. The van der Waals surface area contributed by atoms with Gasteiger partial charge in [0.1, 0.15) is 0 Å². The summed E-state index contributed by atoms with van der Waals surface area (Å²) in [7, 11) is 1.41. The van der Waals surface area contributed by atoms with Crippen molar-refractivity contribution < 1.29 is 9.53 Å². The summed E-state index contributed by atoms with van der Waals surface area (Å²) >= 11 is 3.51. The lowest BCUT2D eigenvalue weighted by Crippen LogP contribution is -2.48. The molecule has 0 aromatic heterocycles. The Hall–Kier alpha value is -1.58. The lowest BCUT2D eigenvalue weighted by Gasteiger charge is -2.36. The molecule has 1 saturated heterocycles. The van der Waals surface area contributed by atoms with Crippen LogP contribution in [-0.2, 0) is 9.53 Å². The molecule has 1 aromatic rings. The quantitative estimate of drug-likeness (QED) is 0.784. The van der Waals surface area contributed by atoms with Gasteiger partial charge >= 0.3 is 5.97 Å².